The molecule has 17 heavy (non-hydrogen) atoms. The minimum Gasteiger partial charge on any atom is -0.480 e. The lowest BCUT2D eigenvalue weighted by Crippen LogP contribution is -2.37. The largest absolute Gasteiger partial charge is 0.480 e. The van der Waals surface area contributed by atoms with E-state index in [-0.39, 0.29) is 12.6 Å². The van der Waals surface area contributed by atoms with E-state index in [1.54, 1.807) is 0 Å². The molecule has 4 heteroatoms. The number of aliphatic hydroxyl groups excluding tert-OH is 1. The summed E-state index contributed by atoms with van der Waals surface area (Å²) in [6.07, 6.45) is -0.0116. The van der Waals surface area contributed by atoms with E-state index in [1.807, 2.05) is 38.1 Å². The molecular weight excluding hydrogens is 218 g/mol. The number of rotatable bonds is 6. The van der Waals surface area contributed by atoms with Crippen LogP contribution >= 0.6 is 0 Å². The van der Waals surface area contributed by atoms with E-state index in [2.05, 4.69) is 5.32 Å². The van der Waals surface area contributed by atoms with Gasteiger partial charge in [0.1, 0.15) is 0 Å². The molecule has 0 aliphatic heterocycles. The molecule has 0 aromatic heterocycles. The molecule has 1 aromatic carbocycles. The summed E-state index contributed by atoms with van der Waals surface area (Å²) < 4.78 is 0. The molecule has 1 aromatic rings. The third-order valence-electron chi connectivity index (χ3n) is 2.76. The molecule has 2 atom stereocenters. The molecule has 0 amide bonds. The number of aliphatic carboxylic acids is 1. The van der Waals surface area contributed by atoms with E-state index in [0.717, 1.165) is 11.1 Å². The van der Waals surface area contributed by atoms with Crippen LogP contribution in [0.1, 0.15) is 30.6 Å². The van der Waals surface area contributed by atoms with E-state index in [4.69, 9.17) is 5.11 Å². The van der Waals surface area contributed by atoms with Gasteiger partial charge in [0, 0.05) is 6.04 Å². The molecule has 0 saturated carbocycles. The van der Waals surface area contributed by atoms with E-state index in [1.165, 1.54) is 0 Å². The molecule has 0 aliphatic carbocycles. The monoisotopic (exact) mass is 237 g/mol. The van der Waals surface area contributed by atoms with E-state index >= 15 is 0 Å². The third kappa shape index (κ3) is 4.17. The van der Waals surface area contributed by atoms with Crippen LogP contribution in [0, 0.1) is 6.92 Å². The van der Waals surface area contributed by atoms with Gasteiger partial charge in [0.05, 0.1) is 12.6 Å². The first-order valence-electron chi connectivity index (χ1n) is 5.74. The van der Waals surface area contributed by atoms with Crippen molar-refractivity contribution >= 4 is 5.97 Å². The van der Waals surface area contributed by atoms with Crippen LogP contribution in [0.2, 0.25) is 0 Å². The molecule has 1 rings (SSSR count). The smallest absolute Gasteiger partial charge is 0.317 e. The molecule has 0 heterocycles. The van der Waals surface area contributed by atoms with E-state index in [0.29, 0.717) is 6.42 Å². The number of aliphatic hydroxyl groups is 1. The van der Waals surface area contributed by atoms with Crippen molar-refractivity contribution in [3.63, 3.8) is 0 Å². The molecular formula is C13H19NO3. The van der Waals surface area contributed by atoms with Crippen molar-refractivity contribution in [3.8, 4) is 0 Å². The second-order valence-electron chi connectivity index (χ2n) is 4.14. The summed E-state index contributed by atoms with van der Waals surface area (Å²) in [6.45, 7) is 3.76. The number of benzene rings is 1. The summed E-state index contributed by atoms with van der Waals surface area (Å²) in [6, 6.07) is 7.36. The van der Waals surface area contributed by atoms with Crippen LogP contribution in [-0.4, -0.2) is 28.8 Å². The first-order valence-corrected chi connectivity index (χ1v) is 5.74. The van der Waals surface area contributed by atoms with Crippen LogP contribution in [0.25, 0.3) is 0 Å². The molecule has 4 nitrogen and oxygen atoms in total. The van der Waals surface area contributed by atoms with Gasteiger partial charge in [0.25, 0.3) is 0 Å². The minimum absolute atomic E-state index is 0.137. The van der Waals surface area contributed by atoms with Crippen molar-refractivity contribution < 1.29 is 15.0 Å². The number of hydrogen-bond acceptors (Lipinski definition) is 3. The van der Waals surface area contributed by atoms with Crippen LogP contribution in [0.3, 0.4) is 0 Å². The molecule has 3 N–H and O–H groups in total. The molecule has 2 unspecified atom stereocenters. The Morgan fingerprint density at radius 1 is 1.35 bits per heavy atom. The van der Waals surface area contributed by atoms with Crippen molar-refractivity contribution in [1.82, 2.24) is 5.32 Å². The second kappa shape index (κ2) is 6.37. The average Bonchev–Trinajstić information content (AvgIpc) is 2.30. The van der Waals surface area contributed by atoms with Crippen molar-refractivity contribution in [1.29, 1.82) is 0 Å². The van der Waals surface area contributed by atoms with Crippen LogP contribution < -0.4 is 5.32 Å². The van der Waals surface area contributed by atoms with Gasteiger partial charge in [-0.3, -0.25) is 4.79 Å². The highest BCUT2D eigenvalue weighted by Gasteiger charge is 2.19. The Morgan fingerprint density at radius 3 is 2.41 bits per heavy atom. The summed E-state index contributed by atoms with van der Waals surface area (Å²) in [7, 11) is 0. The molecule has 94 valence electrons. The molecule has 0 bridgehead atoms. The number of aryl methyl sites for hydroxylation is 1. The van der Waals surface area contributed by atoms with E-state index < -0.39 is 12.1 Å². The Hall–Kier alpha value is -1.39. The van der Waals surface area contributed by atoms with Gasteiger partial charge in [0.2, 0.25) is 0 Å². The lowest BCUT2D eigenvalue weighted by molar-refractivity contribution is -0.136. The number of carbonyl (C=O) groups is 1. The van der Waals surface area contributed by atoms with Gasteiger partial charge < -0.3 is 15.5 Å². The maximum atomic E-state index is 10.5. The number of nitrogens with one attached hydrogen (secondary N) is 1. The Labute approximate surface area is 101 Å². The summed E-state index contributed by atoms with van der Waals surface area (Å²) in [5, 5.41) is 21.6. The molecule has 0 saturated heterocycles. The fourth-order valence-corrected chi connectivity index (χ4v) is 1.69. The standard InChI is InChI=1S/C13H19NO3/c1-3-11(14-8-12(15)16)13(17)10-6-4-9(2)5-7-10/h4-7,11,13-14,17H,3,8H2,1-2H3,(H,15,16). The van der Waals surface area contributed by atoms with E-state index in [9.17, 15) is 9.90 Å². The van der Waals surface area contributed by atoms with Gasteiger partial charge in [-0.1, -0.05) is 36.8 Å². The molecule has 0 aliphatic rings. The minimum atomic E-state index is -0.917. The zero-order valence-corrected chi connectivity index (χ0v) is 10.2. The predicted molar refractivity (Wildman–Crippen MR) is 65.9 cm³/mol. The lowest BCUT2D eigenvalue weighted by atomic mass is 9.99. The second-order valence-corrected chi connectivity index (χ2v) is 4.14. The van der Waals surface area contributed by atoms with Crippen LogP contribution in [-0.2, 0) is 4.79 Å². The SMILES string of the molecule is CCC(NCC(=O)O)C(O)c1ccc(C)cc1. The van der Waals surface area contributed by atoms with Gasteiger partial charge in [-0.15, -0.1) is 0 Å². The van der Waals surface area contributed by atoms with Crippen molar-refractivity contribution in [3.05, 3.63) is 35.4 Å². The summed E-state index contributed by atoms with van der Waals surface area (Å²) in [5.41, 5.74) is 1.94. The highest BCUT2D eigenvalue weighted by atomic mass is 16.4. The third-order valence-corrected chi connectivity index (χ3v) is 2.76. The summed E-state index contributed by atoms with van der Waals surface area (Å²) >= 11 is 0. The Kier molecular flexibility index (Phi) is 5.12. The quantitative estimate of drug-likeness (QED) is 0.701. The predicted octanol–water partition coefficient (Wildman–Crippen LogP) is 1.48. The van der Waals surface area contributed by atoms with Crippen LogP contribution in [0.5, 0.6) is 0 Å². The maximum Gasteiger partial charge on any atom is 0.317 e. The van der Waals surface area contributed by atoms with Crippen LogP contribution in [0.15, 0.2) is 24.3 Å². The zero-order chi connectivity index (χ0) is 12.8. The van der Waals surface area contributed by atoms with Gasteiger partial charge in [0.15, 0.2) is 0 Å². The summed E-state index contributed by atoms with van der Waals surface area (Å²) in [5.74, 6) is -0.917. The Balaban J connectivity index is 2.68. The number of carboxylic acids is 1. The highest BCUT2D eigenvalue weighted by molar-refractivity contribution is 5.69. The fraction of sp³-hybridized carbons (Fsp3) is 0.462. The average molecular weight is 237 g/mol. The highest BCUT2D eigenvalue weighted by Crippen LogP contribution is 2.19. The van der Waals surface area contributed by atoms with Gasteiger partial charge in [-0.05, 0) is 18.9 Å². The normalized spacial score (nSPS) is 14.3. The molecule has 0 radical (unpaired) electrons. The number of carboxylic acid groups (broad SMARTS) is 1. The Morgan fingerprint density at radius 2 is 1.94 bits per heavy atom. The van der Waals surface area contributed by atoms with Crippen molar-refractivity contribution in [2.75, 3.05) is 6.54 Å². The van der Waals surface area contributed by atoms with Gasteiger partial charge in [-0.2, -0.15) is 0 Å². The topological polar surface area (TPSA) is 69.6 Å². The zero-order valence-electron chi connectivity index (χ0n) is 10.2. The van der Waals surface area contributed by atoms with Gasteiger partial charge in [-0.25, -0.2) is 0 Å². The van der Waals surface area contributed by atoms with Crippen LogP contribution in [0.4, 0.5) is 0 Å². The fourth-order valence-electron chi connectivity index (χ4n) is 1.69. The number of hydrogen-bond donors (Lipinski definition) is 3. The molecule has 0 spiro atoms. The lowest BCUT2D eigenvalue weighted by Gasteiger charge is -2.22. The van der Waals surface area contributed by atoms with Crippen molar-refractivity contribution in [2.45, 2.75) is 32.4 Å². The maximum absolute atomic E-state index is 10.5. The Bertz CT molecular complexity index is 361. The summed E-state index contributed by atoms with van der Waals surface area (Å²) in [4.78, 5) is 10.5. The van der Waals surface area contributed by atoms with Crippen molar-refractivity contribution in [2.24, 2.45) is 0 Å². The first kappa shape index (κ1) is 13.7. The molecule has 0 fully saturated rings. The van der Waals surface area contributed by atoms with Gasteiger partial charge >= 0.3 is 5.97 Å². The first-order chi connectivity index (χ1) is 8.04.